The summed E-state index contributed by atoms with van der Waals surface area (Å²) in [7, 11) is 1.82. The summed E-state index contributed by atoms with van der Waals surface area (Å²) >= 11 is 0. The molecular formula is C18H22N2O. The summed E-state index contributed by atoms with van der Waals surface area (Å²) in [6.45, 7) is 4.30. The third-order valence-corrected chi connectivity index (χ3v) is 3.63. The van der Waals surface area contributed by atoms with E-state index >= 15 is 0 Å². The molecule has 1 amide bonds. The highest BCUT2D eigenvalue weighted by Gasteiger charge is 2.12. The molecule has 110 valence electrons. The van der Waals surface area contributed by atoms with Crippen molar-refractivity contribution >= 4 is 17.3 Å². The number of likely N-dealkylation sites (N-methyl/N-ethyl adjacent to an activating group) is 1. The van der Waals surface area contributed by atoms with Gasteiger partial charge < -0.3 is 10.6 Å². The largest absolute Gasteiger partial charge is 0.399 e. The number of amides is 1. The highest BCUT2D eigenvalue weighted by atomic mass is 16.2. The first kappa shape index (κ1) is 15.1. The number of anilines is 2. The lowest BCUT2D eigenvalue weighted by atomic mass is 10.0. The van der Waals surface area contributed by atoms with Crippen molar-refractivity contribution in [3.8, 4) is 0 Å². The van der Waals surface area contributed by atoms with Crippen molar-refractivity contribution in [1.82, 2.24) is 0 Å². The third kappa shape index (κ3) is 3.85. The molecule has 0 aromatic heterocycles. The molecule has 0 fully saturated rings. The SMILES string of the molecule is CC(C)c1cccc(N(C)C(=O)Cc2ccc(N)cc2)c1. The molecule has 0 atom stereocenters. The Labute approximate surface area is 126 Å². The molecule has 0 aliphatic rings. The summed E-state index contributed by atoms with van der Waals surface area (Å²) in [4.78, 5) is 14.1. The third-order valence-electron chi connectivity index (χ3n) is 3.63. The summed E-state index contributed by atoms with van der Waals surface area (Å²) in [6, 6.07) is 15.6. The zero-order valence-corrected chi connectivity index (χ0v) is 12.8. The van der Waals surface area contributed by atoms with Crippen LogP contribution in [0.2, 0.25) is 0 Å². The van der Waals surface area contributed by atoms with Gasteiger partial charge in [0.2, 0.25) is 5.91 Å². The lowest BCUT2D eigenvalue weighted by Crippen LogP contribution is -2.27. The van der Waals surface area contributed by atoms with Crippen LogP contribution in [0.3, 0.4) is 0 Å². The molecule has 0 aliphatic heterocycles. The molecule has 2 aromatic rings. The molecule has 0 heterocycles. The van der Waals surface area contributed by atoms with Crippen LogP contribution in [0.5, 0.6) is 0 Å². The van der Waals surface area contributed by atoms with Crippen molar-refractivity contribution in [1.29, 1.82) is 0 Å². The van der Waals surface area contributed by atoms with Gasteiger partial charge in [0, 0.05) is 18.4 Å². The average molecular weight is 282 g/mol. The first-order valence-electron chi connectivity index (χ1n) is 7.18. The van der Waals surface area contributed by atoms with Crippen LogP contribution in [0.15, 0.2) is 48.5 Å². The number of carbonyl (C=O) groups excluding carboxylic acids is 1. The Morgan fingerprint density at radius 2 is 1.81 bits per heavy atom. The van der Waals surface area contributed by atoms with Gasteiger partial charge in [0.05, 0.1) is 6.42 Å². The summed E-state index contributed by atoms with van der Waals surface area (Å²) in [6.07, 6.45) is 0.378. The highest BCUT2D eigenvalue weighted by molar-refractivity contribution is 5.94. The van der Waals surface area contributed by atoms with Gasteiger partial charge in [0.25, 0.3) is 0 Å². The van der Waals surface area contributed by atoms with Gasteiger partial charge in [-0.15, -0.1) is 0 Å². The predicted molar refractivity (Wildman–Crippen MR) is 88.5 cm³/mol. The molecule has 3 nitrogen and oxygen atoms in total. The number of nitrogens with zero attached hydrogens (tertiary/aromatic N) is 1. The van der Waals surface area contributed by atoms with E-state index in [-0.39, 0.29) is 5.91 Å². The lowest BCUT2D eigenvalue weighted by molar-refractivity contribution is -0.117. The van der Waals surface area contributed by atoms with Gasteiger partial charge in [-0.05, 0) is 41.3 Å². The standard InChI is InChI=1S/C18H22N2O/c1-13(2)15-5-4-6-17(12-15)20(3)18(21)11-14-7-9-16(19)10-8-14/h4-10,12-13H,11,19H2,1-3H3. The second-order valence-corrected chi connectivity index (χ2v) is 5.62. The summed E-state index contributed by atoms with van der Waals surface area (Å²) < 4.78 is 0. The van der Waals surface area contributed by atoms with Crippen molar-refractivity contribution in [3.05, 3.63) is 59.7 Å². The van der Waals surface area contributed by atoms with E-state index < -0.39 is 0 Å². The normalized spacial score (nSPS) is 10.7. The van der Waals surface area contributed by atoms with Gasteiger partial charge >= 0.3 is 0 Å². The number of rotatable bonds is 4. The highest BCUT2D eigenvalue weighted by Crippen LogP contribution is 2.21. The lowest BCUT2D eigenvalue weighted by Gasteiger charge is -2.19. The Morgan fingerprint density at radius 1 is 1.14 bits per heavy atom. The van der Waals surface area contributed by atoms with Crippen molar-refractivity contribution < 1.29 is 4.79 Å². The molecule has 0 unspecified atom stereocenters. The number of benzene rings is 2. The molecule has 0 aliphatic carbocycles. The molecule has 0 saturated heterocycles. The van der Waals surface area contributed by atoms with Crippen LogP contribution >= 0.6 is 0 Å². The van der Waals surface area contributed by atoms with E-state index in [2.05, 4.69) is 26.0 Å². The number of nitrogens with two attached hydrogens (primary N) is 1. The Balaban J connectivity index is 2.11. The Morgan fingerprint density at radius 3 is 2.43 bits per heavy atom. The Hall–Kier alpha value is -2.29. The van der Waals surface area contributed by atoms with Crippen LogP contribution in [0, 0.1) is 0 Å². The van der Waals surface area contributed by atoms with Gasteiger partial charge in [-0.25, -0.2) is 0 Å². The minimum atomic E-state index is 0.0701. The zero-order chi connectivity index (χ0) is 15.4. The van der Waals surface area contributed by atoms with Crippen molar-refractivity contribution in [2.24, 2.45) is 0 Å². The number of carbonyl (C=O) groups is 1. The minimum absolute atomic E-state index is 0.0701. The van der Waals surface area contributed by atoms with Gasteiger partial charge in [0.15, 0.2) is 0 Å². The molecule has 21 heavy (non-hydrogen) atoms. The molecule has 0 spiro atoms. The van der Waals surface area contributed by atoms with Crippen LogP contribution in [0.4, 0.5) is 11.4 Å². The Kier molecular flexibility index (Phi) is 4.63. The van der Waals surface area contributed by atoms with Crippen molar-refractivity contribution in [2.75, 3.05) is 17.7 Å². The number of hydrogen-bond donors (Lipinski definition) is 1. The fourth-order valence-electron chi connectivity index (χ4n) is 2.17. The van der Waals surface area contributed by atoms with Gasteiger partial charge in [-0.2, -0.15) is 0 Å². The van der Waals surface area contributed by atoms with Crippen LogP contribution in [-0.2, 0) is 11.2 Å². The molecule has 0 saturated carbocycles. The van der Waals surface area contributed by atoms with Crippen LogP contribution in [-0.4, -0.2) is 13.0 Å². The zero-order valence-electron chi connectivity index (χ0n) is 12.8. The van der Waals surface area contributed by atoms with E-state index in [0.29, 0.717) is 18.0 Å². The maximum absolute atomic E-state index is 12.4. The van der Waals surface area contributed by atoms with Crippen molar-refractivity contribution in [2.45, 2.75) is 26.2 Å². The topological polar surface area (TPSA) is 46.3 Å². The molecule has 2 N–H and O–H groups in total. The monoisotopic (exact) mass is 282 g/mol. The first-order chi connectivity index (χ1) is 9.97. The van der Waals surface area contributed by atoms with Gasteiger partial charge in [0.1, 0.15) is 0 Å². The fourth-order valence-corrected chi connectivity index (χ4v) is 2.17. The summed E-state index contributed by atoms with van der Waals surface area (Å²) in [5.74, 6) is 0.520. The van der Waals surface area contributed by atoms with Crippen LogP contribution < -0.4 is 10.6 Å². The second-order valence-electron chi connectivity index (χ2n) is 5.62. The van der Waals surface area contributed by atoms with Gasteiger partial charge in [-0.1, -0.05) is 38.1 Å². The molecular weight excluding hydrogens is 260 g/mol. The Bertz CT molecular complexity index is 617. The first-order valence-corrected chi connectivity index (χ1v) is 7.18. The smallest absolute Gasteiger partial charge is 0.231 e. The predicted octanol–water partition coefficient (Wildman–Crippen LogP) is 3.60. The maximum atomic E-state index is 12.4. The van der Waals surface area contributed by atoms with E-state index in [4.69, 9.17) is 5.73 Å². The van der Waals surface area contributed by atoms with Gasteiger partial charge in [-0.3, -0.25) is 4.79 Å². The molecule has 0 bridgehead atoms. The van der Waals surface area contributed by atoms with E-state index in [1.54, 1.807) is 4.90 Å². The fraction of sp³-hybridized carbons (Fsp3) is 0.278. The van der Waals surface area contributed by atoms with E-state index in [1.165, 1.54) is 5.56 Å². The number of hydrogen-bond acceptors (Lipinski definition) is 2. The summed E-state index contributed by atoms with van der Waals surface area (Å²) in [5, 5.41) is 0. The summed E-state index contributed by atoms with van der Waals surface area (Å²) in [5.41, 5.74) is 9.51. The quantitative estimate of drug-likeness (QED) is 0.871. The molecule has 0 radical (unpaired) electrons. The molecule has 2 aromatic carbocycles. The average Bonchev–Trinajstić information content (AvgIpc) is 2.49. The van der Waals surface area contributed by atoms with E-state index in [0.717, 1.165) is 11.3 Å². The minimum Gasteiger partial charge on any atom is -0.399 e. The second kappa shape index (κ2) is 6.44. The van der Waals surface area contributed by atoms with Crippen LogP contribution in [0.1, 0.15) is 30.9 Å². The van der Waals surface area contributed by atoms with E-state index in [1.807, 2.05) is 43.4 Å². The van der Waals surface area contributed by atoms with Crippen LogP contribution in [0.25, 0.3) is 0 Å². The maximum Gasteiger partial charge on any atom is 0.231 e. The number of nitrogen functional groups attached to an aromatic ring is 1. The van der Waals surface area contributed by atoms with E-state index in [9.17, 15) is 4.79 Å². The molecule has 2 rings (SSSR count). The van der Waals surface area contributed by atoms with Crippen molar-refractivity contribution in [3.63, 3.8) is 0 Å². The molecule has 3 heteroatoms.